The van der Waals surface area contributed by atoms with Crippen molar-refractivity contribution in [3.05, 3.63) is 47.0 Å². The van der Waals surface area contributed by atoms with Crippen molar-refractivity contribution in [2.24, 2.45) is 7.05 Å². The molecule has 5 rings (SSSR count). The van der Waals surface area contributed by atoms with Gasteiger partial charge in [-0.3, -0.25) is 9.59 Å². The van der Waals surface area contributed by atoms with E-state index in [0.29, 0.717) is 40.3 Å². The van der Waals surface area contributed by atoms with Crippen molar-refractivity contribution in [2.75, 3.05) is 44.3 Å². The molecule has 37 heavy (non-hydrogen) atoms. The zero-order valence-electron chi connectivity index (χ0n) is 20.1. The molecule has 194 valence electrons. The second-order valence-corrected chi connectivity index (χ2v) is 12.1. The predicted octanol–water partition coefficient (Wildman–Crippen LogP) is 2.41. The number of rotatable bonds is 6. The Kier molecular flexibility index (Phi) is 6.79. The van der Waals surface area contributed by atoms with Gasteiger partial charge in [0.25, 0.3) is 5.91 Å². The maximum Gasteiger partial charge on any atom is 0.251 e. The Bertz CT molecular complexity index is 1620. The van der Waals surface area contributed by atoms with Crippen molar-refractivity contribution < 1.29 is 18.0 Å². The summed E-state index contributed by atoms with van der Waals surface area (Å²) in [5.74, 6) is -0.0848. The first-order valence-electron chi connectivity index (χ1n) is 11.4. The third-order valence-electron chi connectivity index (χ3n) is 6.17. The summed E-state index contributed by atoms with van der Waals surface area (Å²) in [5.41, 5.74) is 2.65. The van der Waals surface area contributed by atoms with Gasteiger partial charge in [-0.05, 0) is 36.4 Å². The number of thiazole rings is 1. The minimum Gasteiger partial charge on any atom is -0.343 e. The van der Waals surface area contributed by atoms with Gasteiger partial charge in [0.05, 0.1) is 34.1 Å². The van der Waals surface area contributed by atoms with Crippen LogP contribution >= 0.6 is 22.9 Å². The molecule has 1 saturated heterocycles. The van der Waals surface area contributed by atoms with Crippen LogP contribution in [0.15, 0.2) is 36.4 Å². The van der Waals surface area contributed by atoms with Gasteiger partial charge in [0.1, 0.15) is 0 Å². The molecule has 2 aromatic carbocycles. The molecule has 1 aliphatic rings. The van der Waals surface area contributed by atoms with E-state index < -0.39 is 15.9 Å². The predicted molar refractivity (Wildman–Crippen MR) is 144 cm³/mol. The molecule has 0 bridgehead atoms. The highest BCUT2D eigenvalue weighted by molar-refractivity contribution is 7.88. The van der Waals surface area contributed by atoms with E-state index in [9.17, 15) is 18.0 Å². The monoisotopic (exact) mass is 561 g/mol. The highest BCUT2D eigenvalue weighted by Gasteiger charge is 2.26. The van der Waals surface area contributed by atoms with Crippen LogP contribution in [0.1, 0.15) is 10.4 Å². The molecule has 0 unspecified atom stereocenters. The Morgan fingerprint density at radius 1 is 1.05 bits per heavy atom. The van der Waals surface area contributed by atoms with E-state index in [0.717, 1.165) is 22.0 Å². The lowest BCUT2D eigenvalue weighted by Crippen LogP contribution is -2.52. The molecule has 1 aliphatic heterocycles. The van der Waals surface area contributed by atoms with Crippen LogP contribution in [0.5, 0.6) is 0 Å². The summed E-state index contributed by atoms with van der Waals surface area (Å²) in [7, 11) is -1.41. The summed E-state index contributed by atoms with van der Waals surface area (Å²) >= 11 is 7.54. The Balaban J connectivity index is 1.23. The Hall–Kier alpha value is -3.26. The number of nitrogens with zero attached hydrogens (tertiary/aromatic N) is 5. The van der Waals surface area contributed by atoms with Crippen molar-refractivity contribution in [3.63, 3.8) is 0 Å². The van der Waals surface area contributed by atoms with Crippen LogP contribution in [-0.2, 0) is 21.9 Å². The topological polar surface area (TPSA) is 130 Å². The average molecular weight is 562 g/mol. The van der Waals surface area contributed by atoms with Crippen molar-refractivity contribution >= 4 is 77.1 Å². The number of nitrogens with one attached hydrogen (secondary N) is 2. The number of hydrogen-bond acceptors (Lipinski definition) is 8. The van der Waals surface area contributed by atoms with Gasteiger partial charge in [-0.15, -0.1) is 0 Å². The number of aromatic nitrogens is 3. The minimum absolute atomic E-state index is 0.174. The van der Waals surface area contributed by atoms with Crippen LogP contribution in [0.4, 0.5) is 11.1 Å². The van der Waals surface area contributed by atoms with Crippen molar-refractivity contribution in [1.82, 2.24) is 29.1 Å². The van der Waals surface area contributed by atoms with Crippen LogP contribution in [0.25, 0.3) is 21.3 Å². The third-order valence-corrected chi connectivity index (χ3v) is 8.64. The summed E-state index contributed by atoms with van der Waals surface area (Å²) in [6.07, 6.45) is 1.15. The van der Waals surface area contributed by atoms with Gasteiger partial charge in [0.15, 0.2) is 5.13 Å². The average Bonchev–Trinajstić information content (AvgIpc) is 3.41. The van der Waals surface area contributed by atoms with Gasteiger partial charge in [-0.1, -0.05) is 22.9 Å². The van der Waals surface area contributed by atoms with E-state index in [4.69, 9.17) is 11.6 Å². The normalized spacial score (nSPS) is 14.8. The molecule has 2 aromatic heterocycles. The number of benzene rings is 2. The molecule has 1 fully saturated rings. The first-order valence-corrected chi connectivity index (χ1v) is 14.4. The minimum atomic E-state index is -3.28. The maximum absolute atomic E-state index is 12.7. The Labute approximate surface area is 222 Å². The first-order chi connectivity index (χ1) is 17.6. The second kappa shape index (κ2) is 9.89. The van der Waals surface area contributed by atoms with Gasteiger partial charge in [0.2, 0.25) is 21.9 Å². The van der Waals surface area contributed by atoms with Gasteiger partial charge in [-0.25, -0.2) is 18.4 Å². The fourth-order valence-corrected chi connectivity index (χ4v) is 6.10. The number of imidazole rings is 1. The number of aryl methyl sites for hydroxylation is 1. The number of sulfonamides is 1. The lowest BCUT2D eigenvalue weighted by atomic mass is 10.2. The highest BCUT2D eigenvalue weighted by atomic mass is 35.5. The number of hydrogen-bond donors (Lipinski definition) is 2. The number of carbonyl (C=O) groups excluding carboxylic acids is 2. The SMILES string of the molecule is Cn1c(Nc2nc3ccc(Cl)cc3s2)nc2cc(C(=O)NCC(=O)N3CCN(S(C)(=O)=O)CC3)ccc21. The zero-order chi connectivity index (χ0) is 26.3. The van der Waals surface area contributed by atoms with Gasteiger partial charge >= 0.3 is 0 Å². The van der Waals surface area contributed by atoms with E-state index >= 15 is 0 Å². The molecule has 0 radical (unpaired) electrons. The fourth-order valence-electron chi connectivity index (χ4n) is 4.14. The van der Waals surface area contributed by atoms with Gasteiger partial charge < -0.3 is 20.1 Å². The molecule has 0 atom stereocenters. The van der Waals surface area contributed by atoms with E-state index in [1.807, 2.05) is 23.7 Å². The molecule has 2 amide bonds. The molecular weight excluding hydrogens is 538 g/mol. The highest BCUT2D eigenvalue weighted by Crippen LogP contribution is 2.31. The van der Waals surface area contributed by atoms with Crippen LogP contribution in [0.2, 0.25) is 5.02 Å². The summed E-state index contributed by atoms with van der Waals surface area (Å²) in [4.78, 5) is 36.0. The van der Waals surface area contributed by atoms with Crippen LogP contribution in [0, 0.1) is 0 Å². The lowest BCUT2D eigenvalue weighted by Gasteiger charge is -2.33. The lowest BCUT2D eigenvalue weighted by molar-refractivity contribution is -0.131. The molecule has 0 aliphatic carbocycles. The fraction of sp³-hybridized carbons (Fsp3) is 0.304. The van der Waals surface area contributed by atoms with Crippen LogP contribution in [-0.4, -0.2) is 83.0 Å². The molecule has 0 saturated carbocycles. The van der Waals surface area contributed by atoms with Crippen molar-refractivity contribution in [3.8, 4) is 0 Å². The maximum atomic E-state index is 12.7. The van der Waals surface area contributed by atoms with Gasteiger partial charge in [0, 0.05) is 43.8 Å². The molecule has 11 nitrogen and oxygen atoms in total. The molecule has 3 heterocycles. The van der Waals surface area contributed by atoms with Gasteiger partial charge in [-0.2, -0.15) is 4.31 Å². The summed E-state index contributed by atoms with van der Waals surface area (Å²) in [5, 5.41) is 7.20. The first kappa shape index (κ1) is 25.4. The summed E-state index contributed by atoms with van der Waals surface area (Å²) < 4.78 is 27.4. The second-order valence-electron chi connectivity index (χ2n) is 8.68. The third kappa shape index (κ3) is 5.39. The summed E-state index contributed by atoms with van der Waals surface area (Å²) in [6.45, 7) is 0.899. The Morgan fingerprint density at radius 2 is 1.81 bits per heavy atom. The van der Waals surface area contributed by atoms with E-state index in [-0.39, 0.29) is 25.5 Å². The molecular formula is C23H24ClN7O4S2. The van der Waals surface area contributed by atoms with Crippen LogP contribution < -0.4 is 10.6 Å². The molecule has 14 heteroatoms. The number of fused-ring (bicyclic) bond motifs is 2. The largest absolute Gasteiger partial charge is 0.343 e. The molecule has 2 N–H and O–H groups in total. The smallest absolute Gasteiger partial charge is 0.251 e. The zero-order valence-corrected chi connectivity index (χ0v) is 22.5. The quantitative estimate of drug-likeness (QED) is 0.370. The molecule has 0 spiro atoms. The number of anilines is 2. The van der Waals surface area contributed by atoms with Crippen LogP contribution in [0.3, 0.4) is 0 Å². The molecule has 4 aromatic rings. The van der Waals surface area contributed by atoms with Crippen molar-refractivity contribution in [1.29, 1.82) is 0 Å². The number of amides is 2. The van der Waals surface area contributed by atoms with E-state index in [1.165, 1.54) is 15.6 Å². The van der Waals surface area contributed by atoms with E-state index in [1.54, 1.807) is 29.2 Å². The summed E-state index contributed by atoms with van der Waals surface area (Å²) in [6, 6.07) is 10.7. The number of carbonyl (C=O) groups is 2. The van der Waals surface area contributed by atoms with E-state index in [2.05, 4.69) is 20.6 Å². The number of halogens is 1. The standard InChI is InChI=1S/C23H24ClN7O4S2/c1-29-18-6-3-14(21(33)25-13-20(32)30-7-9-31(10-8-30)37(2,34)35)11-17(18)26-22(29)28-23-27-16-5-4-15(24)12-19(16)36-23/h3-6,11-12H,7-10,13H2,1-2H3,(H,25,33)(H,26,27,28). The Morgan fingerprint density at radius 3 is 2.54 bits per heavy atom. The van der Waals surface area contributed by atoms with Crippen molar-refractivity contribution in [2.45, 2.75) is 0 Å². The number of piperazine rings is 1.